The van der Waals surface area contributed by atoms with Crippen LogP contribution in [0.3, 0.4) is 0 Å². The Kier molecular flexibility index (Phi) is 3.84. The van der Waals surface area contributed by atoms with E-state index in [-0.39, 0.29) is 0 Å². The van der Waals surface area contributed by atoms with Gasteiger partial charge in [0, 0.05) is 27.1 Å². The van der Waals surface area contributed by atoms with E-state index in [0.29, 0.717) is 31.3 Å². The molecule has 1 N–H and O–H groups in total. The van der Waals surface area contributed by atoms with E-state index in [1.165, 1.54) is 0 Å². The molecule has 0 fully saturated rings. The minimum atomic E-state index is 0.362. The number of ether oxygens (including phenoxy) is 1. The van der Waals surface area contributed by atoms with Crippen LogP contribution in [0.4, 0.5) is 5.13 Å². The third-order valence-corrected chi connectivity index (χ3v) is 4.05. The van der Waals surface area contributed by atoms with E-state index >= 15 is 0 Å². The van der Waals surface area contributed by atoms with E-state index < -0.39 is 0 Å². The van der Waals surface area contributed by atoms with Gasteiger partial charge in [-0.15, -0.1) is 0 Å². The molecular formula is C12H16N6O2S. The van der Waals surface area contributed by atoms with Crippen LogP contribution in [0.1, 0.15) is 17.4 Å². The maximum Gasteiger partial charge on any atom is 0.228 e. The molecule has 0 spiro atoms. The summed E-state index contributed by atoms with van der Waals surface area (Å²) in [4.78, 5) is 8.74. The van der Waals surface area contributed by atoms with Crippen molar-refractivity contribution in [2.24, 2.45) is 7.05 Å². The molecule has 0 bridgehead atoms. The summed E-state index contributed by atoms with van der Waals surface area (Å²) < 4.78 is 13.0. The first-order valence-corrected chi connectivity index (χ1v) is 7.33. The first kappa shape index (κ1) is 14.0. The number of methoxy groups -OCH3 is 1. The number of fused-ring (bicyclic) bond motifs is 1. The predicted molar refractivity (Wildman–Crippen MR) is 78.3 cm³/mol. The van der Waals surface area contributed by atoms with Crippen molar-refractivity contribution < 1.29 is 9.26 Å². The standard InChI is InChI=1S/C12H16N6O2S/c1-7-10-11(18(2)16-7)15-12(21-10)13-5-4-9-14-8(6-19-3)17-20-9/h4-6H2,1-3H3,(H,13,15). The van der Waals surface area contributed by atoms with Gasteiger partial charge in [-0.2, -0.15) is 10.1 Å². The summed E-state index contributed by atoms with van der Waals surface area (Å²) in [7, 11) is 3.50. The van der Waals surface area contributed by atoms with Crippen LogP contribution >= 0.6 is 11.3 Å². The SMILES string of the molecule is COCc1noc(CCNc2nc3c(s2)c(C)nn3C)n1. The van der Waals surface area contributed by atoms with Crippen molar-refractivity contribution in [3.8, 4) is 0 Å². The number of nitrogens with zero attached hydrogens (tertiary/aromatic N) is 5. The summed E-state index contributed by atoms with van der Waals surface area (Å²) in [6.45, 7) is 3.03. The van der Waals surface area contributed by atoms with E-state index in [9.17, 15) is 0 Å². The van der Waals surface area contributed by atoms with Crippen molar-refractivity contribution in [1.82, 2.24) is 24.9 Å². The van der Waals surface area contributed by atoms with Crippen molar-refractivity contribution in [1.29, 1.82) is 0 Å². The highest BCUT2D eigenvalue weighted by atomic mass is 32.1. The van der Waals surface area contributed by atoms with Crippen molar-refractivity contribution >= 4 is 26.8 Å². The van der Waals surface area contributed by atoms with Crippen LogP contribution in [0.25, 0.3) is 10.3 Å². The van der Waals surface area contributed by atoms with Crippen LogP contribution in [0.5, 0.6) is 0 Å². The lowest BCUT2D eigenvalue weighted by Gasteiger charge is -1.98. The van der Waals surface area contributed by atoms with E-state index in [0.717, 1.165) is 21.2 Å². The second-order valence-electron chi connectivity index (χ2n) is 4.59. The second-order valence-corrected chi connectivity index (χ2v) is 5.59. The Morgan fingerprint density at radius 3 is 3.00 bits per heavy atom. The number of rotatable bonds is 6. The van der Waals surface area contributed by atoms with Gasteiger partial charge in [0.1, 0.15) is 6.61 Å². The van der Waals surface area contributed by atoms with E-state index in [2.05, 4.69) is 25.5 Å². The summed E-state index contributed by atoms with van der Waals surface area (Å²) in [6, 6.07) is 0. The predicted octanol–water partition coefficient (Wildman–Crippen LogP) is 1.52. The Bertz CT molecular complexity index is 712. The molecule has 0 aliphatic rings. The second kappa shape index (κ2) is 5.78. The molecule has 0 amide bonds. The number of hydrogen-bond donors (Lipinski definition) is 1. The maximum atomic E-state index is 5.13. The van der Waals surface area contributed by atoms with Crippen LogP contribution in [0.15, 0.2) is 4.52 Å². The van der Waals surface area contributed by atoms with Gasteiger partial charge in [-0.25, -0.2) is 9.67 Å². The minimum absolute atomic E-state index is 0.362. The molecule has 3 rings (SSSR count). The fourth-order valence-corrected chi connectivity index (χ4v) is 2.97. The molecule has 9 heteroatoms. The zero-order valence-corrected chi connectivity index (χ0v) is 12.9. The van der Waals surface area contributed by atoms with Gasteiger partial charge in [-0.1, -0.05) is 16.5 Å². The lowest BCUT2D eigenvalue weighted by molar-refractivity contribution is 0.174. The van der Waals surface area contributed by atoms with Gasteiger partial charge in [-0.3, -0.25) is 0 Å². The van der Waals surface area contributed by atoms with Crippen LogP contribution in [0.2, 0.25) is 0 Å². The van der Waals surface area contributed by atoms with Gasteiger partial charge in [0.15, 0.2) is 16.6 Å². The molecule has 0 unspecified atom stereocenters. The number of thiazole rings is 1. The lowest BCUT2D eigenvalue weighted by atomic mass is 10.4. The molecule has 21 heavy (non-hydrogen) atoms. The molecule has 0 radical (unpaired) electrons. The molecule has 3 heterocycles. The van der Waals surface area contributed by atoms with E-state index in [4.69, 9.17) is 9.26 Å². The van der Waals surface area contributed by atoms with Gasteiger partial charge in [0.2, 0.25) is 5.89 Å². The topological polar surface area (TPSA) is 90.9 Å². The van der Waals surface area contributed by atoms with Crippen molar-refractivity contribution in [2.75, 3.05) is 19.0 Å². The Labute approximate surface area is 125 Å². The van der Waals surface area contributed by atoms with Gasteiger partial charge in [-0.05, 0) is 6.92 Å². The molecular weight excluding hydrogens is 292 g/mol. The largest absolute Gasteiger partial charge is 0.377 e. The van der Waals surface area contributed by atoms with E-state index in [1.807, 2.05) is 14.0 Å². The molecule has 0 atom stereocenters. The maximum absolute atomic E-state index is 5.13. The fraction of sp³-hybridized carbons (Fsp3) is 0.500. The summed E-state index contributed by atoms with van der Waals surface area (Å²) in [5.41, 5.74) is 1.90. The highest BCUT2D eigenvalue weighted by molar-refractivity contribution is 7.22. The summed E-state index contributed by atoms with van der Waals surface area (Å²) >= 11 is 1.60. The Morgan fingerprint density at radius 2 is 2.24 bits per heavy atom. The summed E-state index contributed by atoms with van der Waals surface area (Å²) in [5.74, 6) is 1.16. The van der Waals surface area contributed by atoms with Crippen LogP contribution in [-0.4, -0.2) is 38.6 Å². The number of anilines is 1. The summed E-state index contributed by atoms with van der Waals surface area (Å²) in [6.07, 6.45) is 0.643. The van der Waals surface area contributed by atoms with Crippen LogP contribution < -0.4 is 5.32 Å². The smallest absolute Gasteiger partial charge is 0.228 e. The zero-order valence-electron chi connectivity index (χ0n) is 12.1. The number of nitrogens with one attached hydrogen (secondary N) is 1. The molecule has 0 aliphatic carbocycles. The van der Waals surface area contributed by atoms with Crippen LogP contribution in [-0.2, 0) is 24.8 Å². The molecule has 0 aliphatic heterocycles. The fourth-order valence-electron chi connectivity index (χ4n) is 2.02. The molecule has 112 valence electrons. The van der Waals surface area contributed by atoms with Crippen LogP contribution in [0, 0.1) is 6.92 Å². The molecule has 0 saturated heterocycles. The molecule has 0 aromatic carbocycles. The van der Waals surface area contributed by atoms with Gasteiger partial charge >= 0.3 is 0 Å². The third-order valence-electron chi connectivity index (χ3n) is 2.94. The normalized spacial score (nSPS) is 11.4. The minimum Gasteiger partial charge on any atom is -0.377 e. The zero-order chi connectivity index (χ0) is 14.8. The number of hydrogen-bond acceptors (Lipinski definition) is 8. The van der Waals surface area contributed by atoms with Crippen molar-refractivity contribution in [2.45, 2.75) is 20.0 Å². The van der Waals surface area contributed by atoms with Gasteiger partial charge in [0.05, 0.1) is 10.4 Å². The number of aryl methyl sites for hydroxylation is 2. The Balaban J connectivity index is 1.59. The highest BCUT2D eigenvalue weighted by Gasteiger charge is 2.12. The molecule has 0 saturated carbocycles. The van der Waals surface area contributed by atoms with Crippen molar-refractivity contribution in [3.63, 3.8) is 0 Å². The summed E-state index contributed by atoms with van der Waals surface area (Å²) in [5, 5.41) is 12.3. The molecule has 8 nitrogen and oxygen atoms in total. The van der Waals surface area contributed by atoms with Gasteiger partial charge in [0.25, 0.3) is 0 Å². The average Bonchev–Trinajstić information content (AvgIpc) is 3.11. The van der Waals surface area contributed by atoms with E-state index in [1.54, 1.807) is 23.1 Å². The van der Waals surface area contributed by atoms with Crippen molar-refractivity contribution in [3.05, 3.63) is 17.4 Å². The first-order valence-electron chi connectivity index (χ1n) is 6.51. The average molecular weight is 308 g/mol. The molecule has 3 aromatic heterocycles. The monoisotopic (exact) mass is 308 g/mol. The first-order chi connectivity index (χ1) is 10.2. The number of aromatic nitrogens is 5. The quantitative estimate of drug-likeness (QED) is 0.738. The lowest BCUT2D eigenvalue weighted by Crippen LogP contribution is -2.05. The Morgan fingerprint density at radius 1 is 1.38 bits per heavy atom. The third kappa shape index (κ3) is 2.88. The molecule has 3 aromatic rings. The van der Waals surface area contributed by atoms with Gasteiger partial charge < -0.3 is 14.6 Å². The highest BCUT2D eigenvalue weighted by Crippen LogP contribution is 2.27. The Hall–Kier alpha value is -2.00.